The maximum Gasteiger partial charge on any atom is 0.263 e. The van der Waals surface area contributed by atoms with Crippen molar-refractivity contribution < 1.29 is 4.79 Å². The standard InChI is InChI=1S/C19H21N5OS/c1-23-13-21-12-17(23)16-11-20-10-15(22-16)9-14-4-6-24(7-5-14)19(25)18-3-2-8-26-18/h2-3,8,10-14H,4-7,9H2,1H3. The first kappa shape index (κ1) is 16.9. The van der Waals surface area contributed by atoms with Crippen molar-refractivity contribution in [2.75, 3.05) is 13.1 Å². The Hall–Kier alpha value is -2.54. The molecule has 0 radical (unpaired) electrons. The van der Waals surface area contributed by atoms with Gasteiger partial charge in [-0.3, -0.25) is 9.78 Å². The molecule has 6 nitrogen and oxygen atoms in total. The van der Waals surface area contributed by atoms with Gasteiger partial charge in [0.1, 0.15) is 5.69 Å². The largest absolute Gasteiger partial charge is 0.338 e. The van der Waals surface area contributed by atoms with E-state index >= 15 is 0 Å². The van der Waals surface area contributed by atoms with Crippen LogP contribution in [0, 0.1) is 5.92 Å². The summed E-state index contributed by atoms with van der Waals surface area (Å²) in [4.78, 5) is 28.5. The van der Waals surface area contributed by atoms with E-state index in [-0.39, 0.29) is 5.91 Å². The quantitative estimate of drug-likeness (QED) is 0.711. The number of thiophene rings is 1. The zero-order chi connectivity index (χ0) is 17.9. The fourth-order valence-corrected chi connectivity index (χ4v) is 4.11. The number of hydrogen-bond acceptors (Lipinski definition) is 5. The van der Waals surface area contributed by atoms with Crippen molar-refractivity contribution in [2.24, 2.45) is 13.0 Å². The van der Waals surface area contributed by atoms with Crippen LogP contribution in [0.25, 0.3) is 11.4 Å². The summed E-state index contributed by atoms with van der Waals surface area (Å²) in [6.07, 6.45) is 10.1. The average molecular weight is 367 g/mol. The van der Waals surface area contributed by atoms with Crippen molar-refractivity contribution in [1.29, 1.82) is 0 Å². The normalized spacial score (nSPS) is 15.3. The van der Waals surface area contributed by atoms with Gasteiger partial charge in [-0.25, -0.2) is 9.97 Å². The summed E-state index contributed by atoms with van der Waals surface area (Å²) in [7, 11) is 1.96. The molecular weight excluding hydrogens is 346 g/mol. The van der Waals surface area contributed by atoms with Crippen LogP contribution in [0.4, 0.5) is 0 Å². The molecule has 26 heavy (non-hydrogen) atoms. The molecule has 1 aliphatic rings. The fraction of sp³-hybridized carbons (Fsp3) is 0.368. The molecule has 134 valence electrons. The van der Waals surface area contributed by atoms with Gasteiger partial charge in [-0.05, 0) is 36.6 Å². The van der Waals surface area contributed by atoms with Crippen LogP contribution in [0.5, 0.6) is 0 Å². The number of likely N-dealkylation sites (tertiary alicyclic amines) is 1. The molecule has 0 unspecified atom stereocenters. The minimum Gasteiger partial charge on any atom is -0.338 e. The lowest BCUT2D eigenvalue weighted by Gasteiger charge is -2.31. The number of carbonyl (C=O) groups is 1. The molecule has 4 rings (SSSR count). The predicted molar refractivity (Wildman–Crippen MR) is 101 cm³/mol. The van der Waals surface area contributed by atoms with Crippen molar-refractivity contribution in [3.05, 3.63) is 53.0 Å². The van der Waals surface area contributed by atoms with Gasteiger partial charge in [0.25, 0.3) is 5.91 Å². The lowest BCUT2D eigenvalue weighted by molar-refractivity contribution is 0.0695. The summed E-state index contributed by atoms with van der Waals surface area (Å²) >= 11 is 1.51. The number of amides is 1. The molecule has 4 heterocycles. The van der Waals surface area contributed by atoms with Gasteiger partial charge in [-0.15, -0.1) is 11.3 Å². The van der Waals surface area contributed by atoms with Crippen molar-refractivity contribution in [2.45, 2.75) is 19.3 Å². The smallest absolute Gasteiger partial charge is 0.263 e. The van der Waals surface area contributed by atoms with E-state index in [1.807, 2.05) is 46.4 Å². The summed E-state index contributed by atoms with van der Waals surface area (Å²) in [5.74, 6) is 0.704. The Morgan fingerprint density at radius 1 is 1.23 bits per heavy atom. The molecule has 1 amide bonds. The summed E-state index contributed by atoms with van der Waals surface area (Å²) in [5.41, 5.74) is 2.83. The van der Waals surface area contributed by atoms with Gasteiger partial charge in [0, 0.05) is 26.3 Å². The van der Waals surface area contributed by atoms with E-state index < -0.39 is 0 Å². The molecule has 0 N–H and O–H groups in total. The Kier molecular flexibility index (Phi) is 4.79. The SMILES string of the molecule is Cn1cncc1-c1cncc(CC2CCN(C(=O)c3cccs3)CC2)n1. The second-order valence-electron chi connectivity index (χ2n) is 6.70. The number of aryl methyl sites for hydroxylation is 1. The second-order valence-corrected chi connectivity index (χ2v) is 7.65. The highest BCUT2D eigenvalue weighted by molar-refractivity contribution is 7.12. The van der Waals surface area contributed by atoms with Crippen molar-refractivity contribution >= 4 is 17.2 Å². The van der Waals surface area contributed by atoms with E-state index in [9.17, 15) is 4.79 Å². The van der Waals surface area contributed by atoms with Crippen LogP contribution < -0.4 is 0 Å². The third-order valence-corrected chi connectivity index (χ3v) is 5.75. The Bertz CT molecular complexity index is 881. The van der Waals surface area contributed by atoms with E-state index in [1.54, 1.807) is 12.5 Å². The monoisotopic (exact) mass is 367 g/mol. The highest BCUT2D eigenvalue weighted by Gasteiger charge is 2.24. The van der Waals surface area contributed by atoms with Gasteiger partial charge >= 0.3 is 0 Å². The van der Waals surface area contributed by atoms with Crippen molar-refractivity contribution in [3.63, 3.8) is 0 Å². The molecule has 0 atom stereocenters. The van der Waals surface area contributed by atoms with Crippen molar-refractivity contribution in [1.82, 2.24) is 24.4 Å². The van der Waals surface area contributed by atoms with E-state index in [0.29, 0.717) is 5.92 Å². The molecule has 0 aliphatic carbocycles. The first-order valence-electron chi connectivity index (χ1n) is 8.81. The Labute approximate surface area is 156 Å². The molecule has 1 fully saturated rings. The lowest BCUT2D eigenvalue weighted by atomic mass is 9.92. The van der Waals surface area contributed by atoms with Crippen LogP contribution in [0.2, 0.25) is 0 Å². The van der Waals surface area contributed by atoms with E-state index in [0.717, 1.165) is 54.3 Å². The lowest BCUT2D eigenvalue weighted by Crippen LogP contribution is -2.38. The molecule has 0 aromatic carbocycles. The van der Waals surface area contributed by atoms with Gasteiger partial charge in [0.15, 0.2) is 0 Å². The van der Waals surface area contributed by atoms with E-state index in [2.05, 4.69) is 9.97 Å². The van der Waals surface area contributed by atoms with Crippen LogP contribution in [0.3, 0.4) is 0 Å². The summed E-state index contributed by atoms with van der Waals surface area (Å²) in [6.45, 7) is 1.63. The Balaban J connectivity index is 1.38. The maximum absolute atomic E-state index is 12.4. The third-order valence-electron chi connectivity index (χ3n) is 4.90. The Morgan fingerprint density at radius 2 is 2.08 bits per heavy atom. The van der Waals surface area contributed by atoms with Crippen LogP contribution in [-0.4, -0.2) is 43.4 Å². The van der Waals surface area contributed by atoms with Gasteiger partial charge in [0.2, 0.25) is 0 Å². The molecule has 1 saturated heterocycles. The minimum absolute atomic E-state index is 0.163. The molecule has 7 heteroatoms. The zero-order valence-corrected chi connectivity index (χ0v) is 15.5. The summed E-state index contributed by atoms with van der Waals surface area (Å²) in [6, 6.07) is 3.83. The summed E-state index contributed by atoms with van der Waals surface area (Å²) in [5, 5.41) is 1.95. The first-order valence-corrected chi connectivity index (χ1v) is 9.69. The molecular formula is C19H21N5OS. The van der Waals surface area contributed by atoms with Crippen LogP contribution in [0.1, 0.15) is 28.2 Å². The van der Waals surface area contributed by atoms with Gasteiger partial charge in [-0.1, -0.05) is 6.07 Å². The zero-order valence-electron chi connectivity index (χ0n) is 14.7. The third kappa shape index (κ3) is 3.53. The number of aromatic nitrogens is 4. The number of piperidine rings is 1. The topological polar surface area (TPSA) is 63.9 Å². The number of carbonyl (C=O) groups excluding carboxylic acids is 1. The van der Waals surface area contributed by atoms with Crippen LogP contribution in [0.15, 0.2) is 42.4 Å². The minimum atomic E-state index is 0.163. The highest BCUT2D eigenvalue weighted by Crippen LogP contribution is 2.24. The van der Waals surface area contributed by atoms with E-state index in [4.69, 9.17) is 4.98 Å². The molecule has 1 aliphatic heterocycles. The van der Waals surface area contributed by atoms with Crippen LogP contribution >= 0.6 is 11.3 Å². The van der Waals surface area contributed by atoms with Gasteiger partial charge < -0.3 is 9.47 Å². The molecule has 3 aromatic heterocycles. The van der Waals surface area contributed by atoms with Gasteiger partial charge in [0.05, 0.1) is 35.0 Å². The first-order chi connectivity index (χ1) is 12.7. The fourth-order valence-electron chi connectivity index (χ4n) is 3.42. The number of hydrogen-bond donors (Lipinski definition) is 0. The average Bonchev–Trinajstić information content (AvgIpc) is 3.34. The molecule has 0 saturated carbocycles. The number of rotatable bonds is 4. The van der Waals surface area contributed by atoms with Crippen molar-refractivity contribution in [3.8, 4) is 11.4 Å². The predicted octanol–water partition coefficient (Wildman–Crippen LogP) is 3.03. The molecule has 0 spiro atoms. The highest BCUT2D eigenvalue weighted by atomic mass is 32.1. The number of imidazole rings is 1. The molecule has 3 aromatic rings. The van der Waals surface area contributed by atoms with Crippen LogP contribution in [-0.2, 0) is 13.5 Å². The summed E-state index contributed by atoms with van der Waals surface area (Å²) < 4.78 is 1.95. The number of nitrogens with zero attached hydrogens (tertiary/aromatic N) is 5. The Morgan fingerprint density at radius 3 is 2.77 bits per heavy atom. The maximum atomic E-state index is 12.4. The van der Waals surface area contributed by atoms with Gasteiger partial charge in [-0.2, -0.15) is 0 Å². The van der Waals surface area contributed by atoms with E-state index in [1.165, 1.54) is 11.3 Å². The molecule has 0 bridgehead atoms. The second kappa shape index (κ2) is 7.37.